The molecule has 0 saturated heterocycles. The molecule has 1 fully saturated rings. The van der Waals surface area contributed by atoms with Crippen LogP contribution in [0.3, 0.4) is 0 Å². The third kappa shape index (κ3) is 3.37. The molecule has 2 rings (SSSR count). The Morgan fingerprint density at radius 2 is 1.89 bits per heavy atom. The average Bonchev–Trinajstić information content (AvgIpc) is 2.89. The van der Waals surface area contributed by atoms with Crippen molar-refractivity contribution in [3.63, 3.8) is 0 Å². The Hall–Kier alpha value is -0.860. The molecule has 0 radical (unpaired) electrons. The molecule has 0 amide bonds. The van der Waals surface area contributed by atoms with Crippen LogP contribution in [0.1, 0.15) is 55.3 Å². The van der Waals surface area contributed by atoms with Crippen molar-refractivity contribution < 1.29 is 5.11 Å². The number of rotatable bonds is 5. The SMILES string of the molecule is Cc1ccc(C(C)NCC2(CO)CCCC2)cc1C. The van der Waals surface area contributed by atoms with Crippen molar-refractivity contribution in [3.8, 4) is 0 Å². The van der Waals surface area contributed by atoms with Gasteiger partial charge in [-0.2, -0.15) is 0 Å². The fourth-order valence-corrected chi connectivity index (χ4v) is 3.04. The van der Waals surface area contributed by atoms with Gasteiger partial charge >= 0.3 is 0 Å². The zero-order valence-electron chi connectivity index (χ0n) is 12.5. The van der Waals surface area contributed by atoms with E-state index in [2.05, 4.69) is 44.3 Å². The highest BCUT2D eigenvalue weighted by molar-refractivity contribution is 5.31. The number of aliphatic hydroxyl groups is 1. The topological polar surface area (TPSA) is 32.3 Å². The lowest BCUT2D eigenvalue weighted by molar-refractivity contribution is 0.125. The molecule has 1 saturated carbocycles. The van der Waals surface area contributed by atoms with Gasteiger partial charge in [0.1, 0.15) is 0 Å². The Morgan fingerprint density at radius 1 is 1.21 bits per heavy atom. The minimum absolute atomic E-state index is 0.133. The number of aliphatic hydroxyl groups excluding tert-OH is 1. The summed E-state index contributed by atoms with van der Waals surface area (Å²) >= 11 is 0. The number of benzene rings is 1. The summed E-state index contributed by atoms with van der Waals surface area (Å²) in [7, 11) is 0. The second-order valence-corrected chi connectivity index (χ2v) is 6.31. The van der Waals surface area contributed by atoms with Crippen molar-refractivity contribution >= 4 is 0 Å². The molecule has 1 aromatic rings. The number of hydrogen-bond donors (Lipinski definition) is 2. The van der Waals surface area contributed by atoms with Crippen LogP contribution in [0.15, 0.2) is 18.2 Å². The van der Waals surface area contributed by atoms with Gasteiger partial charge in [-0.15, -0.1) is 0 Å². The van der Waals surface area contributed by atoms with Crippen LogP contribution in [0.2, 0.25) is 0 Å². The Labute approximate surface area is 117 Å². The zero-order valence-corrected chi connectivity index (χ0v) is 12.5. The Balaban J connectivity index is 1.96. The van der Waals surface area contributed by atoms with Gasteiger partial charge in [-0.25, -0.2) is 0 Å². The standard InChI is InChI=1S/C17H27NO/c1-13-6-7-16(10-14(13)2)15(3)18-11-17(12-19)8-4-5-9-17/h6-7,10,15,18-19H,4-5,8-9,11-12H2,1-3H3. The minimum atomic E-state index is 0.133. The largest absolute Gasteiger partial charge is 0.396 e. The number of hydrogen-bond acceptors (Lipinski definition) is 2. The molecule has 0 spiro atoms. The molecule has 0 aliphatic heterocycles. The monoisotopic (exact) mass is 261 g/mol. The van der Waals surface area contributed by atoms with Crippen LogP contribution in [-0.4, -0.2) is 18.3 Å². The maximum atomic E-state index is 9.64. The fraction of sp³-hybridized carbons (Fsp3) is 0.647. The van der Waals surface area contributed by atoms with Crippen molar-refractivity contribution in [2.45, 2.75) is 52.5 Å². The molecule has 2 nitrogen and oxygen atoms in total. The van der Waals surface area contributed by atoms with Crippen LogP contribution in [-0.2, 0) is 0 Å². The molecule has 1 aromatic carbocycles. The van der Waals surface area contributed by atoms with E-state index in [4.69, 9.17) is 0 Å². The molecule has 1 unspecified atom stereocenters. The van der Waals surface area contributed by atoms with Crippen LogP contribution in [0.4, 0.5) is 0 Å². The van der Waals surface area contributed by atoms with E-state index in [-0.39, 0.29) is 5.41 Å². The van der Waals surface area contributed by atoms with Gasteiger partial charge in [-0.05, 0) is 50.3 Å². The third-order valence-corrected chi connectivity index (χ3v) is 4.81. The van der Waals surface area contributed by atoms with E-state index in [0.717, 1.165) is 19.4 Å². The number of aryl methyl sites for hydroxylation is 2. The molecule has 0 aromatic heterocycles. The molecule has 2 heteroatoms. The van der Waals surface area contributed by atoms with Gasteiger partial charge in [0.2, 0.25) is 0 Å². The predicted molar refractivity (Wildman–Crippen MR) is 80.3 cm³/mol. The van der Waals surface area contributed by atoms with Crippen LogP contribution in [0.5, 0.6) is 0 Å². The summed E-state index contributed by atoms with van der Waals surface area (Å²) in [6.45, 7) is 7.77. The zero-order chi connectivity index (χ0) is 13.9. The molecular weight excluding hydrogens is 234 g/mol. The maximum Gasteiger partial charge on any atom is 0.0499 e. The molecule has 1 aliphatic carbocycles. The van der Waals surface area contributed by atoms with Crippen molar-refractivity contribution in [2.24, 2.45) is 5.41 Å². The van der Waals surface area contributed by atoms with Gasteiger partial charge in [-0.1, -0.05) is 31.0 Å². The van der Waals surface area contributed by atoms with Crippen molar-refractivity contribution in [1.82, 2.24) is 5.32 Å². The normalized spacial score (nSPS) is 19.6. The van der Waals surface area contributed by atoms with E-state index in [9.17, 15) is 5.11 Å². The third-order valence-electron chi connectivity index (χ3n) is 4.81. The second-order valence-electron chi connectivity index (χ2n) is 6.31. The van der Waals surface area contributed by atoms with E-state index in [1.807, 2.05) is 0 Å². The summed E-state index contributed by atoms with van der Waals surface area (Å²) in [5.41, 5.74) is 4.17. The molecule has 1 atom stereocenters. The Bertz CT molecular complexity index is 421. The molecule has 1 aliphatic rings. The highest BCUT2D eigenvalue weighted by Gasteiger charge is 2.33. The summed E-state index contributed by atoms with van der Waals surface area (Å²) in [6.07, 6.45) is 4.85. The van der Waals surface area contributed by atoms with Gasteiger partial charge in [0.15, 0.2) is 0 Å². The van der Waals surface area contributed by atoms with Crippen LogP contribution < -0.4 is 5.32 Å². The average molecular weight is 261 g/mol. The van der Waals surface area contributed by atoms with Crippen LogP contribution >= 0.6 is 0 Å². The summed E-state index contributed by atoms with van der Waals surface area (Å²) in [5.74, 6) is 0. The summed E-state index contributed by atoms with van der Waals surface area (Å²) in [5, 5.41) is 13.3. The van der Waals surface area contributed by atoms with Gasteiger partial charge in [0.05, 0.1) is 0 Å². The fourth-order valence-electron chi connectivity index (χ4n) is 3.04. The quantitative estimate of drug-likeness (QED) is 0.850. The summed E-state index contributed by atoms with van der Waals surface area (Å²) < 4.78 is 0. The first-order valence-electron chi connectivity index (χ1n) is 7.48. The lowest BCUT2D eigenvalue weighted by atomic mass is 9.87. The van der Waals surface area contributed by atoms with E-state index >= 15 is 0 Å². The summed E-state index contributed by atoms with van der Waals surface area (Å²) in [6, 6.07) is 7.02. The first-order chi connectivity index (χ1) is 9.06. The molecular formula is C17H27NO. The summed E-state index contributed by atoms with van der Waals surface area (Å²) in [4.78, 5) is 0. The van der Waals surface area contributed by atoms with Gasteiger partial charge in [-0.3, -0.25) is 0 Å². The molecule has 106 valence electrons. The van der Waals surface area contributed by atoms with E-state index < -0.39 is 0 Å². The first kappa shape index (κ1) is 14.5. The minimum Gasteiger partial charge on any atom is -0.396 e. The molecule has 2 N–H and O–H groups in total. The van der Waals surface area contributed by atoms with E-state index in [0.29, 0.717) is 12.6 Å². The number of nitrogens with one attached hydrogen (secondary N) is 1. The van der Waals surface area contributed by atoms with Crippen LogP contribution in [0.25, 0.3) is 0 Å². The van der Waals surface area contributed by atoms with Crippen molar-refractivity contribution in [2.75, 3.05) is 13.2 Å². The van der Waals surface area contributed by atoms with E-state index in [1.54, 1.807) is 0 Å². The predicted octanol–water partition coefficient (Wildman–Crippen LogP) is 3.51. The van der Waals surface area contributed by atoms with Crippen molar-refractivity contribution in [1.29, 1.82) is 0 Å². The first-order valence-corrected chi connectivity index (χ1v) is 7.48. The van der Waals surface area contributed by atoms with Gasteiger partial charge in [0.25, 0.3) is 0 Å². The highest BCUT2D eigenvalue weighted by Crippen LogP contribution is 2.37. The lowest BCUT2D eigenvalue weighted by Gasteiger charge is -2.29. The molecule has 19 heavy (non-hydrogen) atoms. The van der Waals surface area contributed by atoms with Crippen LogP contribution in [0, 0.1) is 19.3 Å². The lowest BCUT2D eigenvalue weighted by Crippen LogP contribution is -2.36. The Morgan fingerprint density at radius 3 is 2.47 bits per heavy atom. The molecule has 0 bridgehead atoms. The highest BCUT2D eigenvalue weighted by atomic mass is 16.3. The second kappa shape index (κ2) is 6.06. The smallest absolute Gasteiger partial charge is 0.0499 e. The molecule has 0 heterocycles. The Kier molecular flexibility index (Phi) is 4.64. The maximum absolute atomic E-state index is 9.64. The van der Waals surface area contributed by atoms with Crippen molar-refractivity contribution in [3.05, 3.63) is 34.9 Å². The van der Waals surface area contributed by atoms with Gasteiger partial charge in [0, 0.05) is 24.6 Å². The van der Waals surface area contributed by atoms with E-state index in [1.165, 1.54) is 29.5 Å². The van der Waals surface area contributed by atoms with Gasteiger partial charge < -0.3 is 10.4 Å².